The molecule has 0 aliphatic heterocycles. The van der Waals surface area contributed by atoms with Crippen LogP contribution in [0.4, 0.5) is 0 Å². The average molecular weight is 282 g/mol. The lowest BCUT2D eigenvalue weighted by molar-refractivity contribution is 0.384. The molecule has 1 nitrogen and oxygen atoms in total. The number of unbranched alkanes of at least 4 members (excludes halogenated alkanes) is 7. The smallest absolute Gasteiger partial charge is 0.0103 e. The maximum atomic E-state index is 3.59. The van der Waals surface area contributed by atoms with E-state index in [0.717, 1.165) is 12.0 Å². The van der Waals surface area contributed by atoms with Gasteiger partial charge < -0.3 is 5.32 Å². The lowest BCUT2D eigenvalue weighted by Gasteiger charge is -2.18. The molecule has 1 N–H and O–H groups in total. The average Bonchev–Trinajstić information content (AvgIpc) is 2.79. The molecule has 0 heterocycles. The predicted molar refractivity (Wildman–Crippen MR) is 91.1 cm³/mol. The SMILES string of the molecule is CCCCCCCCCCC(NC)C1C(C)(C)C1(C)C. The summed E-state index contributed by atoms with van der Waals surface area (Å²) >= 11 is 0. The molecule has 0 bridgehead atoms. The van der Waals surface area contributed by atoms with E-state index in [-0.39, 0.29) is 0 Å². The summed E-state index contributed by atoms with van der Waals surface area (Å²) in [5.74, 6) is 0.851. The molecule has 1 saturated carbocycles. The summed E-state index contributed by atoms with van der Waals surface area (Å²) in [4.78, 5) is 0. The van der Waals surface area contributed by atoms with Gasteiger partial charge in [-0.1, -0.05) is 86.0 Å². The highest BCUT2D eigenvalue weighted by molar-refractivity contribution is 5.16. The van der Waals surface area contributed by atoms with Crippen LogP contribution in [0.3, 0.4) is 0 Å². The van der Waals surface area contributed by atoms with E-state index < -0.39 is 0 Å². The van der Waals surface area contributed by atoms with Gasteiger partial charge in [0.1, 0.15) is 0 Å². The fourth-order valence-electron chi connectivity index (χ4n) is 4.23. The van der Waals surface area contributed by atoms with Crippen molar-refractivity contribution >= 4 is 0 Å². The molecule has 0 spiro atoms. The van der Waals surface area contributed by atoms with E-state index in [0.29, 0.717) is 10.8 Å². The van der Waals surface area contributed by atoms with Crippen LogP contribution < -0.4 is 5.32 Å². The lowest BCUT2D eigenvalue weighted by atomic mass is 9.97. The Morgan fingerprint density at radius 3 is 1.65 bits per heavy atom. The van der Waals surface area contributed by atoms with Gasteiger partial charge in [0.25, 0.3) is 0 Å². The van der Waals surface area contributed by atoms with Gasteiger partial charge in [-0.05, 0) is 30.2 Å². The molecular weight excluding hydrogens is 242 g/mol. The monoisotopic (exact) mass is 281 g/mol. The van der Waals surface area contributed by atoms with E-state index in [2.05, 4.69) is 47.0 Å². The van der Waals surface area contributed by atoms with Crippen LogP contribution in [-0.2, 0) is 0 Å². The van der Waals surface area contributed by atoms with Crippen molar-refractivity contribution in [2.24, 2.45) is 16.7 Å². The Bertz CT molecular complexity index is 253. The Morgan fingerprint density at radius 2 is 1.25 bits per heavy atom. The molecule has 1 heteroatoms. The Labute approximate surface area is 128 Å². The second-order valence-corrected chi connectivity index (χ2v) is 8.08. The van der Waals surface area contributed by atoms with Gasteiger partial charge >= 0.3 is 0 Å². The van der Waals surface area contributed by atoms with Gasteiger partial charge in [0, 0.05) is 6.04 Å². The normalized spacial score (nSPS) is 21.9. The fraction of sp³-hybridized carbons (Fsp3) is 1.00. The molecule has 0 saturated heterocycles. The van der Waals surface area contributed by atoms with Crippen LogP contribution in [0.25, 0.3) is 0 Å². The summed E-state index contributed by atoms with van der Waals surface area (Å²) < 4.78 is 0. The highest BCUT2D eigenvalue weighted by Gasteiger charge is 2.66. The quantitative estimate of drug-likeness (QED) is 0.473. The van der Waals surface area contributed by atoms with Crippen LogP contribution in [0.5, 0.6) is 0 Å². The zero-order valence-electron chi connectivity index (χ0n) is 15.0. The Kier molecular flexibility index (Phi) is 7.04. The number of hydrogen-bond donors (Lipinski definition) is 1. The molecule has 0 aromatic heterocycles. The van der Waals surface area contributed by atoms with Crippen LogP contribution in [-0.4, -0.2) is 13.1 Å². The summed E-state index contributed by atoms with van der Waals surface area (Å²) in [5.41, 5.74) is 1.03. The molecule has 0 amide bonds. The molecule has 1 aliphatic rings. The Morgan fingerprint density at radius 1 is 0.800 bits per heavy atom. The number of hydrogen-bond acceptors (Lipinski definition) is 1. The second-order valence-electron chi connectivity index (χ2n) is 8.08. The first-order valence-corrected chi connectivity index (χ1v) is 9.06. The summed E-state index contributed by atoms with van der Waals surface area (Å²) in [6, 6.07) is 0.722. The van der Waals surface area contributed by atoms with E-state index in [9.17, 15) is 0 Å². The third-order valence-corrected chi connectivity index (χ3v) is 6.27. The van der Waals surface area contributed by atoms with E-state index in [1.165, 1.54) is 57.8 Å². The zero-order valence-corrected chi connectivity index (χ0v) is 15.0. The van der Waals surface area contributed by atoms with Gasteiger partial charge in [0.2, 0.25) is 0 Å². The van der Waals surface area contributed by atoms with Gasteiger partial charge in [-0.15, -0.1) is 0 Å². The largest absolute Gasteiger partial charge is 0.317 e. The first-order chi connectivity index (χ1) is 9.39. The minimum Gasteiger partial charge on any atom is -0.317 e. The molecule has 0 aromatic carbocycles. The molecule has 0 radical (unpaired) electrons. The lowest BCUT2D eigenvalue weighted by Crippen LogP contribution is -2.30. The van der Waals surface area contributed by atoms with Crippen LogP contribution in [0.1, 0.15) is 92.4 Å². The Hall–Kier alpha value is -0.0400. The standard InChI is InChI=1S/C19H39N/c1-7-8-9-10-11-12-13-14-15-16(20-6)17-18(2,3)19(17,4)5/h16-17,20H,7-15H2,1-6H3. The van der Waals surface area contributed by atoms with Crippen molar-refractivity contribution in [2.45, 2.75) is 98.4 Å². The van der Waals surface area contributed by atoms with Crippen molar-refractivity contribution in [3.8, 4) is 0 Å². The van der Waals surface area contributed by atoms with Crippen LogP contribution in [0.2, 0.25) is 0 Å². The topological polar surface area (TPSA) is 12.0 Å². The maximum Gasteiger partial charge on any atom is 0.0103 e. The fourth-order valence-corrected chi connectivity index (χ4v) is 4.23. The minimum atomic E-state index is 0.515. The molecular formula is C19H39N. The maximum absolute atomic E-state index is 3.59. The van der Waals surface area contributed by atoms with Crippen LogP contribution in [0, 0.1) is 16.7 Å². The van der Waals surface area contributed by atoms with E-state index in [4.69, 9.17) is 0 Å². The van der Waals surface area contributed by atoms with Crippen molar-refractivity contribution in [1.82, 2.24) is 5.32 Å². The molecule has 1 unspecified atom stereocenters. The summed E-state index contributed by atoms with van der Waals surface area (Å²) in [6.07, 6.45) is 12.8. The molecule has 1 aliphatic carbocycles. The van der Waals surface area contributed by atoms with Gasteiger partial charge in [0.05, 0.1) is 0 Å². The first kappa shape index (κ1) is 18.0. The van der Waals surface area contributed by atoms with E-state index in [1.807, 2.05) is 0 Å². The van der Waals surface area contributed by atoms with Crippen molar-refractivity contribution in [3.05, 3.63) is 0 Å². The highest BCUT2D eigenvalue weighted by atomic mass is 14.9. The third-order valence-electron chi connectivity index (χ3n) is 6.27. The molecule has 120 valence electrons. The minimum absolute atomic E-state index is 0.515. The van der Waals surface area contributed by atoms with Gasteiger partial charge in [-0.3, -0.25) is 0 Å². The van der Waals surface area contributed by atoms with Crippen LogP contribution in [0.15, 0.2) is 0 Å². The number of nitrogens with one attached hydrogen (secondary N) is 1. The van der Waals surface area contributed by atoms with E-state index >= 15 is 0 Å². The van der Waals surface area contributed by atoms with Gasteiger partial charge in [-0.2, -0.15) is 0 Å². The molecule has 0 aromatic rings. The van der Waals surface area contributed by atoms with Crippen molar-refractivity contribution < 1.29 is 0 Å². The highest BCUT2D eigenvalue weighted by Crippen LogP contribution is 2.69. The molecule has 1 rings (SSSR count). The summed E-state index contributed by atoms with van der Waals surface area (Å²) in [7, 11) is 2.15. The van der Waals surface area contributed by atoms with Gasteiger partial charge in [0.15, 0.2) is 0 Å². The third kappa shape index (κ3) is 4.23. The van der Waals surface area contributed by atoms with Crippen molar-refractivity contribution in [1.29, 1.82) is 0 Å². The molecule has 1 atom stereocenters. The molecule has 1 fully saturated rings. The van der Waals surface area contributed by atoms with Crippen LogP contribution >= 0.6 is 0 Å². The second kappa shape index (κ2) is 7.82. The molecule has 20 heavy (non-hydrogen) atoms. The number of rotatable bonds is 11. The zero-order chi connectivity index (χ0) is 15.2. The summed E-state index contributed by atoms with van der Waals surface area (Å²) in [5, 5.41) is 3.59. The van der Waals surface area contributed by atoms with Crippen molar-refractivity contribution in [3.63, 3.8) is 0 Å². The Balaban J connectivity index is 2.12. The van der Waals surface area contributed by atoms with Crippen molar-refractivity contribution in [2.75, 3.05) is 7.05 Å². The summed E-state index contributed by atoms with van der Waals surface area (Å²) in [6.45, 7) is 12.1. The van der Waals surface area contributed by atoms with Gasteiger partial charge in [-0.25, -0.2) is 0 Å². The first-order valence-electron chi connectivity index (χ1n) is 9.06. The predicted octanol–water partition coefficient (Wildman–Crippen LogP) is 5.79. The van der Waals surface area contributed by atoms with E-state index in [1.54, 1.807) is 0 Å².